The number of hydrogen-bond acceptors (Lipinski definition) is 3. The Balaban J connectivity index is 1.99. The molecule has 1 aromatic carbocycles. The van der Waals surface area contributed by atoms with Gasteiger partial charge in [0.05, 0.1) is 17.3 Å². The quantitative estimate of drug-likeness (QED) is 0.685. The van der Waals surface area contributed by atoms with Crippen molar-refractivity contribution in [3.8, 4) is 0 Å². The van der Waals surface area contributed by atoms with E-state index in [1.165, 1.54) is 25.5 Å². The monoisotopic (exact) mass is 294 g/mol. The maximum Gasteiger partial charge on any atom is 0.175 e. The SMILES string of the molecule is CS(=O)(=O)c1ccc(CN=C(N)C2CCCCC2)cc1. The van der Waals surface area contributed by atoms with E-state index < -0.39 is 9.84 Å². The molecule has 2 N–H and O–H groups in total. The summed E-state index contributed by atoms with van der Waals surface area (Å²) in [6, 6.07) is 6.84. The Hall–Kier alpha value is -1.36. The van der Waals surface area contributed by atoms with Crippen molar-refractivity contribution in [1.82, 2.24) is 0 Å². The molecule has 0 amide bonds. The summed E-state index contributed by atoms with van der Waals surface area (Å²) < 4.78 is 22.7. The molecule has 0 unspecified atom stereocenters. The fourth-order valence-electron chi connectivity index (χ4n) is 2.55. The lowest BCUT2D eigenvalue weighted by molar-refractivity contribution is 0.436. The molecular weight excluding hydrogens is 272 g/mol. The Kier molecular flexibility index (Phi) is 4.81. The molecule has 1 aliphatic rings. The van der Waals surface area contributed by atoms with Crippen LogP contribution in [0.4, 0.5) is 0 Å². The molecular formula is C15H22N2O2S. The summed E-state index contributed by atoms with van der Waals surface area (Å²) in [6.07, 6.45) is 7.27. The van der Waals surface area contributed by atoms with Gasteiger partial charge in [0.15, 0.2) is 9.84 Å². The molecule has 0 saturated heterocycles. The molecule has 0 bridgehead atoms. The van der Waals surface area contributed by atoms with Gasteiger partial charge in [0.2, 0.25) is 0 Å². The van der Waals surface area contributed by atoms with E-state index in [1.54, 1.807) is 24.3 Å². The van der Waals surface area contributed by atoms with E-state index >= 15 is 0 Å². The van der Waals surface area contributed by atoms with Crippen molar-refractivity contribution >= 4 is 15.7 Å². The predicted octanol–water partition coefficient (Wildman–Crippen LogP) is 2.53. The highest BCUT2D eigenvalue weighted by Crippen LogP contribution is 2.23. The number of rotatable bonds is 4. The van der Waals surface area contributed by atoms with Crippen LogP contribution in [-0.4, -0.2) is 20.5 Å². The number of nitrogens with zero attached hydrogens (tertiary/aromatic N) is 1. The summed E-state index contributed by atoms with van der Waals surface area (Å²) in [7, 11) is -3.13. The Morgan fingerprint density at radius 1 is 1.20 bits per heavy atom. The zero-order valence-electron chi connectivity index (χ0n) is 11.9. The zero-order chi connectivity index (χ0) is 14.6. The highest BCUT2D eigenvalue weighted by molar-refractivity contribution is 7.90. The van der Waals surface area contributed by atoms with Crippen LogP contribution in [0.25, 0.3) is 0 Å². The van der Waals surface area contributed by atoms with Gasteiger partial charge in [-0.2, -0.15) is 0 Å². The maximum atomic E-state index is 11.4. The van der Waals surface area contributed by atoms with Crippen LogP contribution in [0.5, 0.6) is 0 Å². The largest absolute Gasteiger partial charge is 0.387 e. The number of aliphatic imine (C=N–C) groups is 1. The minimum atomic E-state index is -3.13. The van der Waals surface area contributed by atoms with Crippen LogP contribution in [0.3, 0.4) is 0 Å². The standard InChI is InChI=1S/C15H22N2O2S/c1-20(18,19)14-9-7-12(8-10-14)11-17-15(16)13-5-3-2-4-6-13/h7-10,13H,2-6,11H2,1H3,(H2,16,17). The smallest absolute Gasteiger partial charge is 0.175 e. The first-order valence-electron chi connectivity index (χ1n) is 7.05. The highest BCUT2D eigenvalue weighted by atomic mass is 32.2. The lowest BCUT2D eigenvalue weighted by Crippen LogP contribution is -2.25. The second-order valence-electron chi connectivity index (χ2n) is 5.49. The van der Waals surface area contributed by atoms with Crippen molar-refractivity contribution in [2.75, 3.05) is 6.26 Å². The van der Waals surface area contributed by atoms with E-state index in [4.69, 9.17) is 5.73 Å². The first-order chi connectivity index (χ1) is 9.47. The van der Waals surface area contributed by atoms with E-state index in [1.807, 2.05) is 0 Å². The third-order valence-electron chi connectivity index (χ3n) is 3.82. The summed E-state index contributed by atoms with van der Waals surface area (Å²) >= 11 is 0. The van der Waals surface area contributed by atoms with Crippen molar-refractivity contribution < 1.29 is 8.42 Å². The molecule has 1 aromatic rings. The van der Waals surface area contributed by atoms with Gasteiger partial charge in [0.25, 0.3) is 0 Å². The summed E-state index contributed by atoms with van der Waals surface area (Å²) in [4.78, 5) is 4.79. The fourth-order valence-corrected chi connectivity index (χ4v) is 3.18. The molecule has 1 fully saturated rings. The number of hydrogen-bond donors (Lipinski definition) is 1. The van der Waals surface area contributed by atoms with E-state index in [2.05, 4.69) is 4.99 Å². The van der Waals surface area contributed by atoms with Gasteiger partial charge < -0.3 is 5.73 Å². The lowest BCUT2D eigenvalue weighted by atomic mass is 9.88. The molecule has 110 valence electrons. The number of benzene rings is 1. The van der Waals surface area contributed by atoms with Crippen LogP contribution in [0.2, 0.25) is 0 Å². The average Bonchev–Trinajstić information content (AvgIpc) is 2.45. The average molecular weight is 294 g/mol. The lowest BCUT2D eigenvalue weighted by Gasteiger charge is -2.20. The van der Waals surface area contributed by atoms with Crippen LogP contribution in [-0.2, 0) is 16.4 Å². The molecule has 0 radical (unpaired) electrons. The first kappa shape index (κ1) is 15.0. The van der Waals surface area contributed by atoms with Crippen molar-refractivity contribution in [3.05, 3.63) is 29.8 Å². The number of sulfone groups is 1. The highest BCUT2D eigenvalue weighted by Gasteiger charge is 2.16. The Bertz CT molecular complexity index is 570. The van der Waals surface area contributed by atoms with Crippen LogP contribution in [0.15, 0.2) is 34.2 Å². The van der Waals surface area contributed by atoms with E-state index in [9.17, 15) is 8.42 Å². The molecule has 0 atom stereocenters. The summed E-state index contributed by atoms with van der Waals surface area (Å²) in [6.45, 7) is 0.520. The molecule has 20 heavy (non-hydrogen) atoms. The molecule has 0 aliphatic heterocycles. The molecule has 5 heteroatoms. The van der Waals surface area contributed by atoms with Gasteiger partial charge in [0.1, 0.15) is 0 Å². The molecule has 1 saturated carbocycles. The Labute approximate surface area is 121 Å². The normalized spacial score (nSPS) is 18.1. The summed E-state index contributed by atoms with van der Waals surface area (Å²) in [5, 5.41) is 0. The third-order valence-corrected chi connectivity index (χ3v) is 4.95. The fraction of sp³-hybridized carbons (Fsp3) is 0.533. The second-order valence-corrected chi connectivity index (χ2v) is 7.51. The molecule has 4 nitrogen and oxygen atoms in total. The molecule has 1 aliphatic carbocycles. The summed E-state index contributed by atoms with van der Waals surface area (Å²) in [5.41, 5.74) is 7.03. The van der Waals surface area contributed by atoms with Crippen LogP contribution in [0, 0.1) is 5.92 Å². The van der Waals surface area contributed by atoms with Crippen LogP contribution in [0.1, 0.15) is 37.7 Å². The minimum absolute atomic E-state index is 0.338. The van der Waals surface area contributed by atoms with Gasteiger partial charge in [-0.15, -0.1) is 0 Å². The second kappa shape index (κ2) is 6.39. The topological polar surface area (TPSA) is 72.5 Å². The maximum absolute atomic E-state index is 11.4. The van der Waals surface area contributed by atoms with Gasteiger partial charge in [-0.3, -0.25) is 4.99 Å². The molecule has 2 rings (SSSR count). The van der Waals surface area contributed by atoms with Gasteiger partial charge in [0, 0.05) is 12.2 Å². The van der Waals surface area contributed by atoms with Crippen molar-refractivity contribution in [1.29, 1.82) is 0 Å². The van der Waals surface area contributed by atoms with Crippen molar-refractivity contribution in [3.63, 3.8) is 0 Å². The van der Waals surface area contributed by atoms with E-state index in [0.29, 0.717) is 17.4 Å². The van der Waals surface area contributed by atoms with Crippen LogP contribution >= 0.6 is 0 Å². The minimum Gasteiger partial charge on any atom is -0.387 e. The number of amidine groups is 1. The first-order valence-corrected chi connectivity index (χ1v) is 8.95. The Morgan fingerprint density at radius 3 is 2.35 bits per heavy atom. The predicted molar refractivity (Wildman–Crippen MR) is 81.5 cm³/mol. The van der Waals surface area contributed by atoms with Crippen LogP contribution < -0.4 is 5.73 Å². The molecule has 0 spiro atoms. The zero-order valence-corrected chi connectivity index (χ0v) is 12.7. The van der Waals surface area contributed by atoms with Gasteiger partial charge >= 0.3 is 0 Å². The van der Waals surface area contributed by atoms with Crippen molar-refractivity contribution in [2.24, 2.45) is 16.6 Å². The molecule has 0 aromatic heterocycles. The van der Waals surface area contributed by atoms with Gasteiger partial charge in [-0.1, -0.05) is 31.4 Å². The van der Waals surface area contributed by atoms with Crippen molar-refractivity contribution in [2.45, 2.75) is 43.5 Å². The van der Waals surface area contributed by atoms with E-state index in [-0.39, 0.29) is 0 Å². The van der Waals surface area contributed by atoms with Gasteiger partial charge in [-0.25, -0.2) is 8.42 Å². The third kappa shape index (κ3) is 4.07. The number of nitrogens with two attached hydrogens (primary N) is 1. The Morgan fingerprint density at radius 2 is 1.80 bits per heavy atom. The van der Waals surface area contributed by atoms with Gasteiger partial charge in [-0.05, 0) is 30.5 Å². The van der Waals surface area contributed by atoms with E-state index in [0.717, 1.165) is 24.2 Å². The molecule has 0 heterocycles. The summed E-state index contributed by atoms with van der Waals surface area (Å²) in [5.74, 6) is 1.18.